The van der Waals surface area contributed by atoms with Crippen molar-refractivity contribution >= 4 is 76.3 Å². The van der Waals surface area contributed by atoms with Crippen molar-refractivity contribution in [2.75, 3.05) is 0 Å². The van der Waals surface area contributed by atoms with Gasteiger partial charge in [0.15, 0.2) is 0 Å². The van der Waals surface area contributed by atoms with Crippen molar-refractivity contribution in [3.63, 3.8) is 0 Å². The van der Waals surface area contributed by atoms with Crippen LogP contribution in [0.5, 0.6) is 0 Å². The summed E-state index contributed by atoms with van der Waals surface area (Å²) in [7, 11) is 0. The molecule has 2 unspecified atom stereocenters. The summed E-state index contributed by atoms with van der Waals surface area (Å²) in [6, 6.07) is 57.8. The molecule has 61 heavy (non-hydrogen) atoms. The van der Waals surface area contributed by atoms with E-state index in [4.69, 9.17) is 19.9 Å². The summed E-state index contributed by atoms with van der Waals surface area (Å²) >= 11 is 0. The lowest BCUT2D eigenvalue weighted by molar-refractivity contribution is 1.00. The smallest absolute Gasteiger partial charge is 0.0971 e. The molecule has 9 aromatic carbocycles. The van der Waals surface area contributed by atoms with Crippen molar-refractivity contribution in [3.8, 4) is 33.4 Å². The molecular formula is C57H36N4. The molecular weight excluding hydrogens is 741 g/mol. The molecule has 1 saturated carbocycles. The Balaban J connectivity index is 0.841. The summed E-state index contributed by atoms with van der Waals surface area (Å²) in [6.07, 6.45) is 13.3. The highest BCUT2D eigenvalue weighted by molar-refractivity contribution is 6.24. The van der Waals surface area contributed by atoms with E-state index in [2.05, 4.69) is 170 Å². The first kappa shape index (κ1) is 34.1. The number of nitrogens with zero attached hydrogens (tertiary/aromatic N) is 4. The lowest BCUT2D eigenvalue weighted by Crippen LogP contribution is -1.97. The molecule has 0 bridgehead atoms. The van der Waals surface area contributed by atoms with Gasteiger partial charge in [0.05, 0.1) is 22.1 Å². The highest BCUT2D eigenvalue weighted by Gasteiger charge is 2.41. The Kier molecular flexibility index (Phi) is 7.46. The van der Waals surface area contributed by atoms with Crippen LogP contribution in [0.15, 0.2) is 195 Å². The van der Waals surface area contributed by atoms with Crippen LogP contribution < -0.4 is 0 Å². The Morgan fingerprint density at radius 1 is 0.328 bits per heavy atom. The van der Waals surface area contributed by atoms with Crippen LogP contribution in [0, 0.1) is 11.8 Å². The van der Waals surface area contributed by atoms with E-state index in [1.807, 2.05) is 0 Å². The van der Waals surface area contributed by atoms with E-state index in [1.54, 1.807) is 24.8 Å². The quantitative estimate of drug-likeness (QED) is 0.163. The van der Waals surface area contributed by atoms with E-state index in [-0.39, 0.29) is 0 Å². The van der Waals surface area contributed by atoms with E-state index in [0.29, 0.717) is 11.8 Å². The SMILES string of the molecule is C1=C(c2cccc(-c3ccc4c(c3)c3ccccc3c3nccnc43)c2)C=C(c2cccc(-c3cccc(-c4ccc5c(c4)c4ccccc4c4nccnc54)c3)c2)C2CC12. The number of allylic oxidation sites excluding steroid dienone is 4. The molecule has 0 saturated heterocycles. The fourth-order valence-corrected chi connectivity index (χ4v) is 10.0. The summed E-state index contributed by atoms with van der Waals surface area (Å²) in [5, 5.41) is 9.31. The first-order valence-corrected chi connectivity index (χ1v) is 21.1. The molecule has 284 valence electrons. The van der Waals surface area contributed by atoms with E-state index >= 15 is 0 Å². The summed E-state index contributed by atoms with van der Waals surface area (Å²) in [6.45, 7) is 0. The van der Waals surface area contributed by atoms with Crippen molar-refractivity contribution in [1.29, 1.82) is 0 Å². The van der Waals surface area contributed by atoms with Crippen LogP contribution >= 0.6 is 0 Å². The lowest BCUT2D eigenvalue weighted by Gasteiger charge is -2.17. The first-order chi connectivity index (χ1) is 30.2. The Morgan fingerprint density at radius 3 is 1.23 bits per heavy atom. The van der Waals surface area contributed by atoms with Gasteiger partial charge < -0.3 is 0 Å². The molecule has 0 aliphatic heterocycles. The Labute approximate surface area is 352 Å². The van der Waals surface area contributed by atoms with Gasteiger partial charge in [-0.05, 0) is 126 Å². The summed E-state index contributed by atoms with van der Waals surface area (Å²) in [4.78, 5) is 19.0. The van der Waals surface area contributed by atoms with Crippen molar-refractivity contribution in [1.82, 2.24) is 19.9 Å². The van der Waals surface area contributed by atoms with Crippen molar-refractivity contribution < 1.29 is 0 Å². The fraction of sp³-hybridized carbons (Fsp3) is 0.0526. The maximum atomic E-state index is 4.76. The van der Waals surface area contributed by atoms with E-state index in [0.717, 1.165) is 43.6 Å². The second-order valence-electron chi connectivity index (χ2n) is 16.6. The zero-order valence-corrected chi connectivity index (χ0v) is 33.1. The number of hydrogen-bond donors (Lipinski definition) is 0. The number of rotatable bonds is 5. The van der Waals surface area contributed by atoms with E-state index in [1.165, 1.54) is 83.6 Å². The van der Waals surface area contributed by atoms with Crippen molar-refractivity contribution in [2.24, 2.45) is 11.8 Å². The number of fused-ring (bicyclic) bond motifs is 13. The van der Waals surface area contributed by atoms with Gasteiger partial charge >= 0.3 is 0 Å². The summed E-state index contributed by atoms with van der Waals surface area (Å²) < 4.78 is 0. The third-order valence-corrected chi connectivity index (χ3v) is 13.1. The van der Waals surface area contributed by atoms with Gasteiger partial charge in [0.25, 0.3) is 0 Å². The van der Waals surface area contributed by atoms with Crippen molar-refractivity contribution in [2.45, 2.75) is 6.42 Å². The molecule has 2 atom stereocenters. The predicted molar refractivity (Wildman–Crippen MR) is 253 cm³/mol. The number of hydrogen-bond acceptors (Lipinski definition) is 4. The Morgan fingerprint density at radius 2 is 0.721 bits per heavy atom. The Hall–Kier alpha value is -7.82. The summed E-state index contributed by atoms with van der Waals surface area (Å²) in [5.74, 6) is 1.13. The maximum Gasteiger partial charge on any atom is 0.0971 e. The fourth-order valence-electron chi connectivity index (χ4n) is 10.0. The third-order valence-electron chi connectivity index (χ3n) is 13.1. The molecule has 1 fully saturated rings. The zero-order chi connectivity index (χ0) is 40.0. The van der Waals surface area contributed by atoms with Gasteiger partial charge in [0.2, 0.25) is 0 Å². The topological polar surface area (TPSA) is 51.6 Å². The average Bonchev–Trinajstić information content (AvgIpc) is 4.14. The molecule has 2 heterocycles. The third kappa shape index (κ3) is 5.53. The van der Waals surface area contributed by atoms with Gasteiger partial charge in [0.1, 0.15) is 0 Å². The molecule has 4 heteroatoms. The van der Waals surface area contributed by atoms with Gasteiger partial charge in [-0.15, -0.1) is 0 Å². The molecule has 0 radical (unpaired) electrons. The number of benzene rings is 9. The van der Waals surface area contributed by atoms with Gasteiger partial charge in [-0.25, -0.2) is 0 Å². The lowest BCUT2D eigenvalue weighted by atomic mass is 9.88. The van der Waals surface area contributed by atoms with Gasteiger partial charge in [-0.1, -0.05) is 140 Å². The van der Waals surface area contributed by atoms with Crippen LogP contribution in [0.2, 0.25) is 0 Å². The highest BCUT2D eigenvalue weighted by atomic mass is 14.8. The summed E-state index contributed by atoms with van der Waals surface area (Å²) in [5.41, 5.74) is 16.3. The van der Waals surface area contributed by atoms with E-state index < -0.39 is 0 Å². The van der Waals surface area contributed by atoms with E-state index in [9.17, 15) is 0 Å². The minimum atomic E-state index is 0.563. The maximum absolute atomic E-state index is 4.76. The minimum Gasteiger partial charge on any atom is -0.252 e. The minimum absolute atomic E-state index is 0.563. The molecule has 11 aromatic rings. The second-order valence-corrected chi connectivity index (χ2v) is 16.6. The van der Waals surface area contributed by atoms with Gasteiger partial charge in [-0.3, -0.25) is 19.9 Å². The molecule has 2 aliphatic carbocycles. The normalized spacial score (nSPS) is 16.0. The second kappa shape index (κ2) is 13.4. The first-order valence-electron chi connectivity index (χ1n) is 21.1. The van der Waals surface area contributed by atoms with Crippen LogP contribution in [-0.4, -0.2) is 19.9 Å². The van der Waals surface area contributed by atoms with Crippen LogP contribution in [0.4, 0.5) is 0 Å². The zero-order valence-electron chi connectivity index (χ0n) is 33.1. The molecule has 0 spiro atoms. The molecule has 4 nitrogen and oxygen atoms in total. The van der Waals surface area contributed by atoms with Crippen LogP contribution in [0.3, 0.4) is 0 Å². The molecule has 2 aromatic heterocycles. The Bertz CT molecular complexity index is 3640. The van der Waals surface area contributed by atoms with Crippen LogP contribution in [0.1, 0.15) is 17.5 Å². The molecule has 2 aliphatic rings. The van der Waals surface area contributed by atoms with Crippen molar-refractivity contribution in [3.05, 3.63) is 206 Å². The average molecular weight is 777 g/mol. The van der Waals surface area contributed by atoms with Crippen LogP contribution in [0.25, 0.3) is 110 Å². The number of aromatic nitrogens is 4. The largest absolute Gasteiger partial charge is 0.252 e. The molecule has 13 rings (SSSR count). The predicted octanol–water partition coefficient (Wildman–Crippen LogP) is 14.3. The van der Waals surface area contributed by atoms with Crippen LogP contribution in [-0.2, 0) is 0 Å². The molecule has 0 amide bonds. The monoisotopic (exact) mass is 776 g/mol. The standard InChI is InChI=1S/C57H36N4/c1-3-16-46-44(14-1)52-30-39(18-20-48(52)56-54(46)58-22-24-60-56)35-9-5-8-34(26-35)37-11-7-13-41(28-37)50-32-42(29-43-33-51(43)50)38-12-6-10-36(27-38)40-19-21-49-53(31-40)45-15-2-4-17-47(45)55-57(49)61-25-23-59-55/h1-32,43,51H,33H2. The van der Waals surface area contributed by atoms with Gasteiger partial charge in [0, 0.05) is 46.3 Å². The van der Waals surface area contributed by atoms with Gasteiger partial charge in [-0.2, -0.15) is 0 Å². The highest BCUT2D eigenvalue weighted by Crippen LogP contribution is 2.54. The molecule has 0 N–H and O–H groups in total.